The third kappa shape index (κ3) is 4.45. The lowest BCUT2D eigenvalue weighted by atomic mass is 10.2. The van der Waals surface area contributed by atoms with Gasteiger partial charge in [-0.25, -0.2) is 8.78 Å². The number of rotatable bonds is 7. The van der Waals surface area contributed by atoms with Gasteiger partial charge in [0.15, 0.2) is 0 Å². The quantitative estimate of drug-likeness (QED) is 0.575. The zero-order valence-electron chi connectivity index (χ0n) is 9.11. The van der Waals surface area contributed by atoms with Crippen LogP contribution in [0.1, 0.15) is 24.8 Å². The number of hydrogen-bond donors (Lipinski definition) is 1. The molecule has 1 nitrogen and oxygen atoms in total. The number of alkyl halides is 1. The number of nitrogens with one attached hydrogen (secondary N) is 1. The minimum Gasteiger partial charge on any atom is -0.312 e. The largest absolute Gasteiger partial charge is 0.312 e. The molecule has 0 aliphatic heterocycles. The summed E-state index contributed by atoms with van der Waals surface area (Å²) in [5.41, 5.74) is 0.111. The van der Waals surface area contributed by atoms with Crippen molar-refractivity contribution < 1.29 is 8.78 Å². The second kappa shape index (κ2) is 7.58. The first-order valence-electron chi connectivity index (χ1n) is 5.45. The maximum Gasteiger partial charge on any atom is 0.130 e. The normalized spacial score (nSPS) is 10.7. The summed E-state index contributed by atoms with van der Waals surface area (Å²) in [6, 6.07) is 3.91. The average molecular weight is 248 g/mol. The van der Waals surface area contributed by atoms with Crippen LogP contribution in [0, 0.1) is 11.6 Å². The molecule has 0 fully saturated rings. The zero-order chi connectivity index (χ0) is 11.8. The van der Waals surface area contributed by atoms with Gasteiger partial charge < -0.3 is 5.32 Å². The van der Waals surface area contributed by atoms with Crippen molar-refractivity contribution in [2.24, 2.45) is 0 Å². The number of unbranched alkanes of at least 4 members (excludes halogenated alkanes) is 2. The fraction of sp³-hybridized carbons (Fsp3) is 0.500. The van der Waals surface area contributed by atoms with Crippen LogP contribution in [-0.2, 0) is 6.54 Å². The number of hydrogen-bond acceptors (Lipinski definition) is 1. The molecule has 0 amide bonds. The molecule has 16 heavy (non-hydrogen) atoms. The Balaban J connectivity index is 2.26. The van der Waals surface area contributed by atoms with E-state index in [2.05, 4.69) is 5.32 Å². The molecule has 0 unspecified atom stereocenters. The lowest BCUT2D eigenvalue weighted by molar-refractivity contribution is 0.529. The molecule has 0 bridgehead atoms. The SMILES string of the molecule is Fc1cccc(F)c1CNCCCCCCl. The van der Waals surface area contributed by atoms with Crippen LogP contribution >= 0.6 is 11.6 Å². The van der Waals surface area contributed by atoms with Crippen LogP contribution in [0.15, 0.2) is 18.2 Å². The summed E-state index contributed by atoms with van der Waals surface area (Å²) in [4.78, 5) is 0. The second-order valence-corrected chi connectivity index (χ2v) is 4.00. The molecule has 1 aromatic carbocycles. The predicted octanol–water partition coefficient (Wildman–Crippen LogP) is 3.46. The number of benzene rings is 1. The Morgan fingerprint density at radius 3 is 2.38 bits per heavy atom. The standard InChI is InChI=1S/C12H16ClF2N/c13-7-2-1-3-8-16-9-10-11(14)5-4-6-12(10)15/h4-6,16H,1-3,7-9H2. The van der Waals surface area contributed by atoms with Gasteiger partial charge in [-0.05, 0) is 31.5 Å². The van der Waals surface area contributed by atoms with Gasteiger partial charge in [0.1, 0.15) is 11.6 Å². The molecule has 0 aromatic heterocycles. The van der Waals surface area contributed by atoms with Gasteiger partial charge in [0, 0.05) is 18.0 Å². The van der Waals surface area contributed by atoms with Crippen molar-refractivity contribution in [3.8, 4) is 0 Å². The highest BCUT2D eigenvalue weighted by atomic mass is 35.5. The molecule has 1 aromatic rings. The lowest BCUT2D eigenvalue weighted by Crippen LogP contribution is -2.16. The summed E-state index contributed by atoms with van der Waals surface area (Å²) in [7, 11) is 0. The van der Waals surface area contributed by atoms with Crippen LogP contribution in [-0.4, -0.2) is 12.4 Å². The van der Waals surface area contributed by atoms with Gasteiger partial charge in [0.2, 0.25) is 0 Å². The highest BCUT2D eigenvalue weighted by molar-refractivity contribution is 6.17. The summed E-state index contributed by atoms with van der Waals surface area (Å²) in [6.45, 7) is 0.990. The van der Waals surface area contributed by atoms with Crippen LogP contribution in [0.5, 0.6) is 0 Å². The molecule has 0 heterocycles. The molecule has 0 aliphatic rings. The van der Waals surface area contributed by atoms with E-state index in [0.29, 0.717) is 5.88 Å². The molecule has 0 saturated heterocycles. The minimum absolute atomic E-state index is 0.111. The fourth-order valence-corrected chi connectivity index (χ4v) is 1.62. The van der Waals surface area contributed by atoms with Gasteiger partial charge in [-0.15, -0.1) is 11.6 Å². The molecule has 1 rings (SSSR count). The van der Waals surface area contributed by atoms with Crippen LogP contribution in [0.25, 0.3) is 0 Å². The Hall–Kier alpha value is -0.670. The summed E-state index contributed by atoms with van der Waals surface area (Å²) < 4.78 is 26.4. The monoisotopic (exact) mass is 247 g/mol. The van der Waals surface area contributed by atoms with Crippen LogP contribution in [0.4, 0.5) is 8.78 Å². The molecule has 0 radical (unpaired) electrons. The molecule has 1 N–H and O–H groups in total. The molecule has 90 valence electrons. The Morgan fingerprint density at radius 1 is 1.06 bits per heavy atom. The summed E-state index contributed by atoms with van der Waals surface area (Å²) in [6.07, 6.45) is 3.00. The summed E-state index contributed by atoms with van der Waals surface area (Å²) in [5, 5.41) is 3.02. The molecule has 0 spiro atoms. The van der Waals surface area contributed by atoms with Crippen molar-refractivity contribution in [2.45, 2.75) is 25.8 Å². The first kappa shape index (κ1) is 13.4. The fourth-order valence-electron chi connectivity index (χ4n) is 1.44. The predicted molar refractivity (Wildman–Crippen MR) is 62.6 cm³/mol. The van der Waals surface area contributed by atoms with Crippen LogP contribution in [0.3, 0.4) is 0 Å². The van der Waals surface area contributed by atoms with E-state index in [-0.39, 0.29) is 12.1 Å². The van der Waals surface area contributed by atoms with Gasteiger partial charge in [0.05, 0.1) is 0 Å². The Morgan fingerprint density at radius 2 is 1.75 bits per heavy atom. The number of halogens is 3. The maximum atomic E-state index is 13.2. The van der Waals surface area contributed by atoms with E-state index in [0.717, 1.165) is 25.8 Å². The molecular formula is C12H16ClF2N. The van der Waals surface area contributed by atoms with Crippen LogP contribution < -0.4 is 5.32 Å². The zero-order valence-corrected chi connectivity index (χ0v) is 9.86. The van der Waals surface area contributed by atoms with E-state index < -0.39 is 11.6 Å². The van der Waals surface area contributed by atoms with Crippen molar-refractivity contribution in [1.82, 2.24) is 5.32 Å². The van der Waals surface area contributed by atoms with Gasteiger partial charge in [-0.3, -0.25) is 0 Å². The lowest BCUT2D eigenvalue weighted by Gasteiger charge is -2.06. The van der Waals surface area contributed by atoms with Gasteiger partial charge in [0.25, 0.3) is 0 Å². The molecule has 0 saturated carbocycles. The third-order valence-electron chi connectivity index (χ3n) is 2.35. The van der Waals surface area contributed by atoms with Gasteiger partial charge >= 0.3 is 0 Å². The summed E-state index contributed by atoms with van der Waals surface area (Å²) >= 11 is 5.53. The van der Waals surface area contributed by atoms with Gasteiger partial charge in [-0.2, -0.15) is 0 Å². The maximum absolute atomic E-state index is 13.2. The Bertz CT molecular complexity index is 298. The van der Waals surface area contributed by atoms with Crippen molar-refractivity contribution in [3.05, 3.63) is 35.4 Å². The molecule has 0 atom stereocenters. The first-order valence-corrected chi connectivity index (χ1v) is 5.98. The second-order valence-electron chi connectivity index (χ2n) is 3.63. The highest BCUT2D eigenvalue weighted by Crippen LogP contribution is 2.11. The van der Waals surface area contributed by atoms with Crippen LogP contribution in [0.2, 0.25) is 0 Å². The first-order chi connectivity index (χ1) is 7.75. The van der Waals surface area contributed by atoms with Crippen molar-refractivity contribution >= 4 is 11.6 Å². The van der Waals surface area contributed by atoms with E-state index in [9.17, 15) is 8.78 Å². The van der Waals surface area contributed by atoms with E-state index in [1.54, 1.807) is 0 Å². The van der Waals surface area contributed by atoms with E-state index >= 15 is 0 Å². The van der Waals surface area contributed by atoms with Crippen molar-refractivity contribution in [2.75, 3.05) is 12.4 Å². The molecule has 4 heteroatoms. The Labute approximate surface area is 99.8 Å². The van der Waals surface area contributed by atoms with Crippen molar-refractivity contribution in [1.29, 1.82) is 0 Å². The summed E-state index contributed by atoms with van der Waals surface area (Å²) in [5.74, 6) is -0.316. The van der Waals surface area contributed by atoms with E-state index in [1.807, 2.05) is 0 Å². The third-order valence-corrected chi connectivity index (χ3v) is 2.62. The Kier molecular flexibility index (Phi) is 6.34. The topological polar surface area (TPSA) is 12.0 Å². The highest BCUT2D eigenvalue weighted by Gasteiger charge is 2.06. The molecule has 0 aliphatic carbocycles. The smallest absolute Gasteiger partial charge is 0.130 e. The minimum atomic E-state index is -0.492. The average Bonchev–Trinajstić information content (AvgIpc) is 2.26. The van der Waals surface area contributed by atoms with Gasteiger partial charge in [-0.1, -0.05) is 12.5 Å². The molecular weight excluding hydrogens is 232 g/mol. The van der Waals surface area contributed by atoms with Crippen molar-refractivity contribution in [3.63, 3.8) is 0 Å². The van der Waals surface area contributed by atoms with E-state index in [1.165, 1.54) is 18.2 Å². The van der Waals surface area contributed by atoms with E-state index in [4.69, 9.17) is 11.6 Å².